The van der Waals surface area contributed by atoms with Crippen LogP contribution in [0.2, 0.25) is 0 Å². The third kappa shape index (κ3) is 20.9. The molecule has 1 aliphatic heterocycles. The molecule has 412 valence electrons. The maximum atomic E-state index is 14.3. The van der Waals surface area contributed by atoms with Crippen LogP contribution >= 0.6 is 0 Å². The lowest BCUT2D eigenvalue weighted by Crippen LogP contribution is -2.61. The monoisotopic (exact) mass is 1050 g/mol. The third-order valence-electron chi connectivity index (χ3n) is 11.5. The molecule has 0 saturated carbocycles. The number of aliphatic hydroxyl groups is 2. The summed E-state index contributed by atoms with van der Waals surface area (Å²) in [5, 5.41) is 65.0. The number of nitrogens with one attached hydrogen (secondary N) is 7. The normalized spacial score (nSPS) is 16.9. The molecule has 1 saturated heterocycles. The van der Waals surface area contributed by atoms with Crippen LogP contribution in [0, 0.1) is 11.8 Å². The Labute approximate surface area is 426 Å². The van der Waals surface area contributed by atoms with Gasteiger partial charge in [0.15, 0.2) is 6.04 Å². The van der Waals surface area contributed by atoms with Gasteiger partial charge in [-0.1, -0.05) is 39.8 Å². The Morgan fingerprint density at radius 2 is 1.14 bits per heavy atom. The van der Waals surface area contributed by atoms with Crippen molar-refractivity contribution in [2.45, 2.75) is 153 Å². The lowest BCUT2D eigenvalue weighted by Gasteiger charge is -2.31. The van der Waals surface area contributed by atoms with Gasteiger partial charge in [-0.2, -0.15) is 0 Å². The number of aromatic hydroxyl groups is 1. The molecule has 0 spiro atoms. The first kappa shape index (κ1) is 62.7. The van der Waals surface area contributed by atoms with Gasteiger partial charge in [-0.05, 0) is 68.6 Å². The van der Waals surface area contributed by atoms with Crippen molar-refractivity contribution in [2.24, 2.45) is 29.0 Å². The van der Waals surface area contributed by atoms with E-state index in [0.29, 0.717) is 5.56 Å². The zero-order chi connectivity index (χ0) is 56.1. The average molecular weight is 1050 g/mol. The highest BCUT2D eigenvalue weighted by Crippen LogP contribution is 2.22. The number of rotatable bonds is 31. The number of likely N-dealkylation sites (tertiary alicyclic amines) is 1. The third-order valence-corrected chi connectivity index (χ3v) is 11.5. The summed E-state index contributed by atoms with van der Waals surface area (Å²) < 4.78 is 0. The quantitative estimate of drug-likeness (QED) is 0.0331. The zero-order valence-electron chi connectivity index (χ0n) is 41.8. The van der Waals surface area contributed by atoms with Crippen molar-refractivity contribution in [3.63, 3.8) is 0 Å². The Hall–Kier alpha value is -7.46. The topological polar surface area (TPSA) is 471 Å². The van der Waals surface area contributed by atoms with Gasteiger partial charge in [0.1, 0.15) is 48.0 Å². The number of phenols is 1. The summed E-state index contributed by atoms with van der Waals surface area (Å²) in [7, 11) is 0. The lowest BCUT2D eigenvalue weighted by atomic mass is 10.0. The maximum Gasteiger partial charge on any atom is 0.328 e. The van der Waals surface area contributed by atoms with Crippen LogP contribution in [0.15, 0.2) is 24.3 Å². The Morgan fingerprint density at radius 3 is 1.64 bits per heavy atom. The number of carboxylic acids is 2. The summed E-state index contributed by atoms with van der Waals surface area (Å²) in [6, 6.07) is -8.88. The molecule has 10 atom stereocenters. The summed E-state index contributed by atoms with van der Waals surface area (Å²) in [5.41, 5.74) is 17.0. The van der Waals surface area contributed by atoms with Crippen molar-refractivity contribution < 1.29 is 83.1 Å². The van der Waals surface area contributed by atoms with Crippen LogP contribution in [0.3, 0.4) is 0 Å². The van der Waals surface area contributed by atoms with Gasteiger partial charge in [-0.3, -0.25) is 52.7 Å². The van der Waals surface area contributed by atoms with E-state index in [1.807, 2.05) is 0 Å². The smallest absolute Gasteiger partial charge is 0.328 e. The molecule has 2 rings (SSSR count). The summed E-state index contributed by atoms with van der Waals surface area (Å²) >= 11 is 0. The van der Waals surface area contributed by atoms with Crippen molar-refractivity contribution in [3.05, 3.63) is 29.8 Å². The van der Waals surface area contributed by atoms with E-state index in [-0.39, 0.29) is 62.7 Å². The number of carbonyl (C=O) groups is 12. The number of aliphatic hydroxyl groups excluding tert-OH is 2. The van der Waals surface area contributed by atoms with Crippen molar-refractivity contribution >= 4 is 71.0 Å². The number of nitrogens with two attached hydrogens (primary N) is 3. The second kappa shape index (κ2) is 29.9. The van der Waals surface area contributed by atoms with Gasteiger partial charge in [0.25, 0.3) is 0 Å². The number of aliphatic carboxylic acids is 2. The molecule has 10 amide bonds. The van der Waals surface area contributed by atoms with Gasteiger partial charge >= 0.3 is 11.9 Å². The number of primary amides is 2. The number of carbonyl (C=O) groups excluding carboxylic acids is 10. The van der Waals surface area contributed by atoms with E-state index in [9.17, 15) is 83.1 Å². The van der Waals surface area contributed by atoms with Gasteiger partial charge in [0, 0.05) is 19.4 Å². The average Bonchev–Trinajstić information content (AvgIpc) is 3.80. The second-order valence-corrected chi connectivity index (χ2v) is 18.8. The molecule has 1 heterocycles. The molecule has 1 fully saturated rings. The summed E-state index contributed by atoms with van der Waals surface area (Å²) in [6.45, 7) is 6.92. The Balaban J connectivity index is 2.36. The molecule has 0 bridgehead atoms. The molecule has 28 nitrogen and oxygen atoms in total. The van der Waals surface area contributed by atoms with E-state index < -0.39 is 157 Å². The standard InChI is InChI=1S/C46H71N11O17/c1-21(2)15-26(47)38(65)50-27(12-13-34(48)61)39(66)55-32(20-58)43(70)52-30(19-36(63)64)41(68)51-29(18-35(49)62)40(67)54-31(16-22(3)4)45(72)57-14-6-7-33(57)44(71)53-28(17-24-8-10-25(60)11-9-24)42(69)56-37(23(5)59)46(73)74/h8-11,21-23,26-33,37,58-60H,6-7,12-20,47H2,1-5H3,(H2,48,61)(H2,49,62)(H,50,65)(H,51,68)(H,52,70)(H,53,71)(H,54,67)(H,55,66)(H,56,69)(H,63,64)(H,73,74)/t23-,26+,27+,28+,29+,30+,31+,32+,33+,37+/m1/s1. The van der Waals surface area contributed by atoms with E-state index in [1.165, 1.54) is 24.3 Å². The number of phenolic OH excluding ortho intramolecular Hbond substituents is 1. The summed E-state index contributed by atoms with van der Waals surface area (Å²) in [4.78, 5) is 158. The number of carboxylic acid groups (broad SMARTS) is 2. The molecule has 0 unspecified atom stereocenters. The minimum Gasteiger partial charge on any atom is -0.508 e. The van der Waals surface area contributed by atoms with E-state index >= 15 is 0 Å². The van der Waals surface area contributed by atoms with Gasteiger partial charge in [-0.25, -0.2) is 4.79 Å². The largest absolute Gasteiger partial charge is 0.508 e. The highest BCUT2D eigenvalue weighted by molar-refractivity contribution is 6.00. The molecule has 0 radical (unpaired) electrons. The first-order chi connectivity index (χ1) is 34.5. The Kier molecular flexibility index (Phi) is 25.3. The number of benzene rings is 1. The Bertz CT molecular complexity index is 2190. The van der Waals surface area contributed by atoms with Crippen molar-refractivity contribution in [1.82, 2.24) is 42.1 Å². The fourth-order valence-corrected chi connectivity index (χ4v) is 7.71. The minimum atomic E-state index is -2.06. The molecule has 0 aromatic heterocycles. The molecule has 74 heavy (non-hydrogen) atoms. The number of hydrogen-bond donors (Lipinski definition) is 15. The second-order valence-electron chi connectivity index (χ2n) is 18.8. The van der Waals surface area contributed by atoms with Gasteiger partial charge < -0.3 is 84.9 Å². The van der Waals surface area contributed by atoms with Gasteiger partial charge in [0.05, 0.1) is 31.6 Å². The van der Waals surface area contributed by atoms with Crippen LogP contribution in [-0.4, -0.2) is 175 Å². The zero-order valence-corrected chi connectivity index (χ0v) is 41.8. The molecular weight excluding hydrogens is 979 g/mol. The Morgan fingerprint density at radius 1 is 0.635 bits per heavy atom. The molecule has 1 aliphatic rings. The van der Waals surface area contributed by atoms with Crippen molar-refractivity contribution in [3.8, 4) is 5.75 Å². The first-order valence-corrected chi connectivity index (χ1v) is 23.8. The van der Waals surface area contributed by atoms with Gasteiger partial charge in [-0.15, -0.1) is 0 Å². The molecular formula is C46H71N11O17. The number of amides is 10. The van der Waals surface area contributed by atoms with Crippen LogP contribution in [0.4, 0.5) is 0 Å². The number of hydrogen-bond acceptors (Lipinski definition) is 16. The molecule has 28 heteroatoms. The maximum absolute atomic E-state index is 14.3. The van der Waals surface area contributed by atoms with Crippen LogP contribution in [0.1, 0.15) is 91.5 Å². The van der Waals surface area contributed by atoms with E-state index in [0.717, 1.165) is 11.8 Å². The van der Waals surface area contributed by atoms with Crippen LogP contribution in [0.5, 0.6) is 5.75 Å². The predicted octanol–water partition coefficient (Wildman–Crippen LogP) is -5.19. The summed E-state index contributed by atoms with van der Waals surface area (Å²) in [6.07, 6.45) is -4.17. The molecule has 1 aromatic carbocycles. The van der Waals surface area contributed by atoms with E-state index in [4.69, 9.17) is 17.2 Å². The molecule has 18 N–H and O–H groups in total. The fourth-order valence-electron chi connectivity index (χ4n) is 7.71. The van der Waals surface area contributed by atoms with Crippen molar-refractivity contribution in [2.75, 3.05) is 13.2 Å². The van der Waals surface area contributed by atoms with Crippen LogP contribution < -0.4 is 54.4 Å². The van der Waals surface area contributed by atoms with Crippen LogP contribution in [-0.2, 0) is 64.0 Å². The number of nitrogens with zero attached hydrogens (tertiary/aromatic N) is 1. The highest BCUT2D eigenvalue weighted by Gasteiger charge is 2.41. The lowest BCUT2D eigenvalue weighted by molar-refractivity contribution is -0.145. The minimum absolute atomic E-state index is 0.0220. The van der Waals surface area contributed by atoms with Gasteiger partial charge in [0.2, 0.25) is 59.1 Å². The van der Waals surface area contributed by atoms with Crippen LogP contribution in [0.25, 0.3) is 0 Å². The van der Waals surface area contributed by atoms with E-state index in [2.05, 4.69) is 37.2 Å². The SMILES string of the molecule is CC(C)C[C@H](NC(=O)[C@H](CC(N)=O)NC(=O)[C@H](CC(=O)O)NC(=O)[C@H](CO)NC(=O)[C@H](CCC(N)=O)NC(=O)[C@@H](N)CC(C)C)C(=O)N1CCC[C@H]1C(=O)N[C@@H](Cc1ccc(O)cc1)C(=O)N[C@H](C(=O)O)[C@@H](C)O. The van der Waals surface area contributed by atoms with Crippen molar-refractivity contribution in [1.29, 1.82) is 0 Å². The highest BCUT2D eigenvalue weighted by atomic mass is 16.4. The molecule has 0 aliphatic carbocycles. The first-order valence-electron chi connectivity index (χ1n) is 23.8. The van der Waals surface area contributed by atoms with E-state index in [1.54, 1.807) is 27.7 Å². The summed E-state index contributed by atoms with van der Waals surface area (Å²) in [5.74, 6) is -14.1. The predicted molar refractivity (Wildman–Crippen MR) is 258 cm³/mol. The fraction of sp³-hybridized carbons (Fsp3) is 0.609. The molecule has 1 aromatic rings.